The summed E-state index contributed by atoms with van der Waals surface area (Å²) in [7, 11) is 0. The number of aliphatic hydroxyl groups is 1. The van der Waals surface area contributed by atoms with E-state index in [1.165, 1.54) is 0 Å². The van der Waals surface area contributed by atoms with Crippen LogP contribution in [0.25, 0.3) is 10.9 Å². The third-order valence-corrected chi connectivity index (χ3v) is 2.58. The summed E-state index contributed by atoms with van der Waals surface area (Å²) in [6.45, 7) is 0.499. The van der Waals surface area contributed by atoms with Gasteiger partial charge in [0.1, 0.15) is 0 Å². The first-order valence-corrected chi connectivity index (χ1v) is 4.98. The Bertz CT molecular complexity index is 505. The molecule has 3 nitrogen and oxygen atoms in total. The van der Waals surface area contributed by atoms with Crippen LogP contribution in [0.2, 0.25) is 5.02 Å². The number of rotatable bonds is 3. The predicted octanol–water partition coefficient (Wildman–Crippen LogP) is 2.10. The Kier molecular flexibility index (Phi) is 2.75. The van der Waals surface area contributed by atoms with Crippen molar-refractivity contribution in [1.82, 2.24) is 4.57 Å². The van der Waals surface area contributed by atoms with Crippen LogP contribution in [0.5, 0.6) is 0 Å². The molecule has 1 N–H and O–H groups in total. The molecule has 0 saturated carbocycles. The SMILES string of the molecule is O=Cc1cn(CCO)c2cc(Cl)ccc12. The van der Waals surface area contributed by atoms with E-state index in [4.69, 9.17) is 16.7 Å². The van der Waals surface area contributed by atoms with Crippen molar-refractivity contribution in [2.24, 2.45) is 0 Å². The lowest BCUT2D eigenvalue weighted by molar-refractivity contribution is 0.112. The van der Waals surface area contributed by atoms with E-state index in [0.717, 1.165) is 17.2 Å². The molecule has 0 spiro atoms. The third-order valence-electron chi connectivity index (χ3n) is 2.34. The average molecular weight is 224 g/mol. The highest BCUT2D eigenvalue weighted by atomic mass is 35.5. The van der Waals surface area contributed by atoms with Crippen molar-refractivity contribution in [2.75, 3.05) is 6.61 Å². The van der Waals surface area contributed by atoms with Gasteiger partial charge in [0.2, 0.25) is 0 Å². The molecule has 2 aromatic rings. The maximum Gasteiger partial charge on any atom is 0.152 e. The molecule has 0 aliphatic carbocycles. The Labute approximate surface area is 91.9 Å². The second-order valence-electron chi connectivity index (χ2n) is 3.28. The van der Waals surface area contributed by atoms with Gasteiger partial charge in [-0.25, -0.2) is 0 Å². The molecule has 1 aromatic heterocycles. The van der Waals surface area contributed by atoms with Crippen LogP contribution in [-0.2, 0) is 6.54 Å². The first-order chi connectivity index (χ1) is 7.26. The van der Waals surface area contributed by atoms with Crippen LogP contribution in [-0.4, -0.2) is 22.6 Å². The van der Waals surface area contributed by atoms with Crippen LogP contribution >= 0.6 is 11.6 Å². The summed E-state index contributed by atoms with van der Waals surface area (Å²) in [5.74, 6) is 0. The van der Waals surface area contributed by atoms with Crippen LogP contribution in [0.3, 0.4) is 0 Å². The molecule has 78 valence electrons. The van der Waals surface area contributed by atoms with Gasteiger partial charge in [0.05, 0.1) is 12.1 Å². The van der Waals surface area contributed by atoms with Crippen molar-refractivity contribution in [3.05, 3.63) is 35.0 Å². The highest BCUT2D eigenvalue weighted by Crippen LogP contribution is 2.23. The lowest BCUT2D eigenvalue weighted by Gasteiger charge is -2.01. The van der Waals surface area contributed by atoms with Crippen molar-refractivity contribution in [1.29, 1.82) is 0 Å². The summed E-state index contributed by atoms with van der Waals surface area (Å²) < 4.78 is 1.82. The highest BCUT2D eigenvalue weighted by Gasteiger charge is 2.07. The van der Waals surface area contributed by atoms with Gasteiger partial charge in [0, 0.05) is 28.7 Å². The molecule has 0 bridgehead atoms. The number of carbonyl (C=O) groups is 1. The van der Waals surface area contributed by atoms with E-state index in [0.29, 0.717) is 17.1 Å². The minimum atomic E-state index is 0.0363. The third kappa shape index (κ3) is 1.76. The van der Waals surface area contributed by atoms with Crippen molar-refractivity contribution >= 4 is 28.8 Å². The van der Waals surface area contributed by atoms with Crippen LogP contribution in [0.4, 0.5) is 0 Å². The van der Waals surface area contributed by atoms with Crippen LogP contribution in [0.15, 0.2) is 24.4 Å². The van der Waals surface area contributed by atoms with E-state index in [1.54, 1.807) is 18.3 Å². The molecule has 0 aliphatic rings. The lowest BCUT2D eigenvalue weighted by atomic mass is 10.2. The number of aromatic nitrogens is 1. The van der Waals surface area contributed by atoms with Crippen LogP contribution in [0, 0.1) is 0 Å². The number of benzene rings is 1. The zero-order valence-electron chi connectivity index (χ0n) is 7.98. The van der Waals surface area contributed by atoms with E-state index in [2.05, 4.69) is 0 Å². The Morgan fingerprint density at radius 2 is 2.27 bits per heavy atom. The molecule has 1 heterocycles. The van der Waals surface area contributed by atoms with Crippen molar-refractivity contribution in [2.45, 2.75) is 6.54 Å². The molecule has 1 aromatic carbocycles. The zero-order valence-corrected chi connectivity index (χ0v) is 8.74. The van der Waals surface area contributed by atoms with E-state index in [-0.39, 0.29) is 6.61 Å². The number of aldehydes is 1. The lowest BCUT2D eigenvalue weighted by Crippen LogP contribution is -1.99. The Balaban J connectivity index is 2.69. The quantitative estimate of drug-likeness (QED) is 0.810. The van der Waals surface area contributed by atoms with Crippen molar-refractivity contribution in [3.63, 3.8) is 0 Å². The van der Waals surface area contributed by atoms with Gasteiger partial charge >= 0.3 is 0 Å². The number of halogens is 1. The minimum absolute atomic E-state index is 0.0363. The summed E-state index contributed by atoms with van der Waals surface area (Å²) in [6.07, 6.45) is 2.54. The maximum absolute atomic E-state index is 10.8. The topological polar surface area (TPSA) is 42.2 Å². The summed E-state index contributed by atoms with van der Waals surface area (Å²) in [5, 5.41) is 10.4. The monoisotopic (exact) mass is 223 g/mol. The Morgan fingerprint density at radius 1 is 1.47 bits per heavy atom. The second kappa shape index (κ2) is 4.04. The molecule has 0 unspecified atom stereocenters. The molecule has 0 saturated heterocycles. The van der Waals surface area contributed by atoms with Gasteiger partial charge in [-0.2, -0.15) is 0 Å². The molecular formula is C11H10ClNO2. The second-order valence-corrected chi connectivity index (χ2v) is 3.72. The standard InChI is InChI=1S/C11H10ClNO2/c12-9-1-2-10-8(7-15)6-13(3-4-14)11(10)5-9/h1-2,5-7,14H,3-4H2. The summed E-state index contributed by atoms with van der Waals surface area (Å²) in [4.78, 5) is 10.8. The Morgan fingerprint density at radius 3 is 2.93 bits per heavy atom. The Hall–Kier alpha value is -1.32. The van der Waals surface area contributed by atoms with E-state index >= 15 is 0 Å². The zero-order chi connectivity index (χ0) is 10.8. The highest BCUT2D eigenvalue weighted by molar-refractivity contribution is 6.31. The maximum atomic E-state index is 10.8. The number of carbonyl (C=O) groups excluding carboxylic acids is 1. The first kappa shape index (κ1) is 10.2. The molecule has 15 heavy (non-hydrogen) atoms. The molecule has 0 fully saturated rings. The van der Waals surface area contributed by atoms with Crippen LogP contribution in [0.1, 0.15) is 10.4 Å². The number of hydrogen-bond acceptors (Lipinski definition) is 2. The number of nitrogens with zero attached hydrogens (tertiary/aromatic N) is 1. The molecule has 0 amide bonds. The van der Waals surface area contributed by atoms with E-state index in [9.17, 15) is 4.79 Å². The first-order valence-electron chi connectivity index (χ1n) is 4.60. The van der Waals surface area contributed by atoms with Gasteiger partial charge < -0.3 is 9.67 Å². The minimum Gasteiger partial charge on any atom is -0.395 e. The van der Waals surface area contributed by atoms with Gasteiger partial charge in [-0.1, -0.05) is 17.7 Å². The summed E-state index contributed by atoms with van der Waals surface area (Å²) in [5.41, 5.74) is 1.49. The van der Waals surface area contributed by atoms with E-state index < -0.39 is 0 Å². The van der Waals surface area contributed by atoms with Gasteiger partial charge in [-0.05, 0) is 12.1 Å². The fraction of sp³-hybridized carbons (Fsp3) is 0.182. The normalized spacial score (nSPS) is 10.8. The fourth-order valence-corrected chi connectivity index (χ4v) is 1.85. The summed E-state index contributed by atoms with van der Waals surface area (Å²) in [6, 6.07) is 5.36. The van der Waals surface area contributed by atoms with Gasteiger partial charge in [0.15, 0.2) is 6.29 Å². The predicted molar refractivity (Wildman–Crippen MR) is 59.4 cm³/mol. The summed E-state index contributed by atoms with van der Waals surface area (Å²) >= 11 is 5.88. The van der Waals surface area contributed by atoms with E-state index in [1.807, 2.05) is 10.6 Å². The van der Waals surface area contributed by atoms with Gasteiger partial charge in [-0.3, -0.25) is 4.79 Å². The average Bonchev–Trinajstić information content (AvgIpc) is 2.57. The molecule has 0 aliphatic heterocycles. The van der Waals surface area contributed by atoms with Crippen molar-refractivity contribution in [3.8, 4) is 0 Å². The molecule has 0 atom stereocenters. The smallest absolute Gasteiger partial charge is 0.152 e. The number of hydrogen-bond donors (Lipinski definition) is 1. The number of aliphatic hydroxyl groups excluding tert-OH is 1. The molecule has 2 rings (SSSR count). The van der Waals surface area contributed by atoms with Crippen molar-refractivity contribution < 1.29 is 9.90 Å². The number of fused-ring (bicyclic) bond motifs is 1. The molecule has 0 radical (unpaired) electrons. The van der Waals surface area contributed by atoms with Gasteiger partial charge in [0.25, 0.3) is 0 Å². The van der Waals surface area contributed by atoms with Gasteiger partial charge in [-0.15, -0.1) is 0 Å². The van der Waals surface area contributed by atoms with Crippen LogP contribution < -0.4 is 0 Å². The fourth-order valence-electron chi connectivity index (χ4n) is 1.68. The largest absolute Gasteiger partial charge is 0.395 e. The molecular weight excluding hydrogens is 214 g/mol. The molecule has 4 heteroatoms.